The van der Waals surface area contributed by atoms with E-state index in [0.717, 1.165) is 17.8 Å². The number of rotatable bonds is 3. The SMILES string of the molecule is Cc1cc2ncc(C(C)CCN)cn2n1. The number of hydrogen-bond acceptors (Lipinski definition) is 3. The van der Waals surface area contributed by atoms with Gasteiger partial charge < -0.3 is 5.73 Å². The Morgan fingerprint density at radius 3 is 3.07 bits per heavy atom. The van der Waals surface area contributed by atoms with Crippen LogP contribution in [-0.2, 0) is 0 Å². The minimum absolute atomic E-state index is 0.441. The van der Waals surface area contributed by atoms with Crippen LogP contribution in [0.3, 0.4) is 0 Å². The predicted molar refractivity (Wildman–Crippen MR) is 59.8 cm³/mol. The third-order valence-electron chi connectivity index (χ3n) is 2.62. The maximum atomic E-state index is 5.54. The highest BCUT2D eigenvalue weighted by Gasteiger charge is 2.07. The van der Waals surface area contributed by atoms with Gasteiger partial charge in [0.15, 0.2) is 5.65 Å². The quantitative estimate of drug-likeness (QED) is 0.824. The lowest BCUT2D eigenvalue weighted by atomic mass is 10.0. The highest BCUT2D eigenvalue weighted by molar-refractivity contribution is 5.39. The standard InChI is InChI=1S/C11H16N4/c1-8(3-4-12)10-6-13-11-5-9(2)14-15(11)7-10/h5-8H,3-4,12H2,1-2H3. The van der Waals surface area contributed by atoms with Crippen molar-refractivity contribution in [2.75, 3.05) is 6.54 Å². The number of aromatic nitrogens is 3. The number of nitrogens with two attached hydrogens (primary N) is 1. The first-order chi connectivity index (χ1) is 7.20. The zero-order chi connectivity index (χ0) is 10.8. The first kappa shape index (κ1) is 10.1. The van der Waals surface area contributed by atoms with E-state index in [2.05, 4.69) is 17.0 Å². The van der Waals surface area contributed by atoms with Crippen molar-refractivity contribution in [1.29, 1.82) is 0 Å². The molecule has 0 aromatic carbocycles. The fourth-order valence-electron chi connectivity index (χ4n) is 1.68. The molecule has 4 heteroatoms. The molecule has 2 rings (SSSR count). The van der Waals surface area contributed by atoms with Crippen molar-refractivity contribution in [1.82, 2.24) is 14.6 Å². The lowest BCUT2D eigenvalue weighted by Gasteiger charge is -2.09. The summed E-state index contributed by atoms with van der Waals surface area (Å²) in [6.45, 7) is 4.83. The van der Waals surface area contributed by atoms with Gasteiger partial charge in [0.2, 0.25) is 0 Å². The molecule has 80 valence electrons. The van der Waals surface area contributed by atoms with E-state index in [-0.39, 0.29) is 0 Å². The van der Waals surface area contributed by atoms with Crippen molar-refractivity contribution in [3.63, 3.8) is 0 Å². The Bertz CT molecular complexity index is 461. The van der Waals surface area contributed by atoms with E-state index in [1.807, 2.05) is 29.9 Å². The average molecular weight is 204 g/mol. The molecule has 1 unspecified atom stereocenters. The summed E-state index contributed by atoms with van der Waals surface area (Å²) in [6.07, 6.45) is 4.93. The molecule has 0 aliphatic carbocycles. The lowest BCUT2D eigenvalue weighted by molar-refractivity contribution is 0.679. The van der Waals surface area contributed by atoms with Crippen LogP contribution in [0.15, 0.2) is 18.5 Å². The molecule has 0 aliphatic rings. The van der Waals surface area contributed by atoms with Crippen LogP contribution in [0.1, 0.15) is 30.5 Å². The maximum absolute atomic E-state index is 5.54. The second-order valence-corrected chi connectivity index (χ2v) is 3.95. The van der Waals surface area contributed by atoms with Crippen LogP contribution >= 0.6 is 0 Å². The van der Waals surface area contributed by atoms with Gasteiger partial charge in [0.1, 0.15) is 0 Å². The van der Waals surface area contributed by atoms with Gasteiger partial charge in [-0.05, 0) is 31.4 Å². The number of aryl methyl sites for hydroxylation is 1. The molecule has 1 atom stereocenters. The van der Waals surface area contributed by atoms with E-state index >= 15 is 0 Å². The molecule has 0 amide bonds. The van der Waals surface area contributed by atoms with Crippen LogP contribution in [-0.4, -0.2) is 21.1 Å². The lowest BCUT2D eigenvalue weighted by Crippen LogP contribution is -2.06. The van der Waals surface area contributed by atoms with Gasteiger partial charge in [-0.2, -0.15) is 5.10 Å². The van der Waals surface area contributed by atoms with E-state index in [0.29, 0.717) is 12.5 Å². The highest BCUT2D eigenvalue weighted by Crippen LogP contribution is 2.17. The van der Waals surface area contributed by atoms with Gasteiger partial charge >= 0.3 is 0 Å². The summed E-state index contributed by atoms with van der Waals surface area (Å²) in [4.78, 5) is 4.36. The van der Waals surface area contributed by atoms with Crippen LogP contribution in [0.4, 0.5) is 0 Å². The number of nitrogens with zero attached hydrogens (tertiary/aromatic N) is 3. The van der Waals surface area contributed by atoms with Gasteiger partial charge in [0.25, 0.3) is 0 Å². The minimum atomic E-state index is 0.441. The van der Waals surface area contributed by atoms with Crippen LogP contribution in [0.2, 0.25) is 0 Å². The summed E-state index contributed by atoms with van der Waals surface area (Å²) in [6, 6.07) is 1.97. The van der Waals surface area contributed by atoms with Gasteiger partial charge in [-0.25, -0.2) is 9.50 Å². The summed E-state index contributed by atoms with van der Waals surface area (Å²) >= 11 is 0. The average Bonchev–Trinajstić information content (AvgIpc) is 2.57. The third kappa shape index (κ3) is 1.99. The third-order valence-corrected chi connectivity index (χ3v) is 2.62. The Kier molecular flexibility index (Phi) is 2.68. The second-order valence-electron chi connectivity index (χ2n) is 3.95. The molecule has 2 aromatic rings. The van der Waals surface area contributed by atoms with E-state index in [1.54, 1.807) is 0 Å². The fourth-order valence-corrected chi connectivity index (χ4v) is 1.68. The highest BCUT2D eigenvalue weighted by atomic mass is 15.2. The van der Waals surface area contributed by atoms with E-state index < -0.39 is 0 Å². The maximum Gasteiger partial charge on any atom is 0.155 e. The van der Waals surface area contributed by atoms with Crippen molar-refractivity contribution < 1.29 is 0 Å². The molecule has 0 spiro atoms. The molecule has 2 heterocycles. The first-order valence-electron chi connectivity index (χ1n) is 5.22. The number of hydrogen-bond donors (Lipinski definition) is 1. The normalized spacial score (nSPS) is 13.3. The molecule has 0 saturated carbocycles. The van der Waals surface area contributed by atoms with Crippen LogP contribution in [0.5, 0.6) is 0 Å². The molecule has 4 nitrogen and oxygen atoms in total. The Morgan fingerprint density at radius 1 is 1.53 bits per heavy atom. The summed E-state index contributed by atoms with van der Waals surface area (Å²) in [5.74, 6) is 0.441. The van der Waals surface area contributed by atoms with Crippen molar-refractivity contribution in [2.45, 2.75) is 26.2 Å². The summed E-state index contributed by atoms with van der Waals surface area (Å²) in [7, 11) is 0. The molecule has 0 aliphatic heterocycles. The second kappa shape index (κ2) is 3.98. The largest absolute Gasteiger partial charge is 0.330 e. The molecular weight excluding hydrogens is 188 g/mol. The van der Waals surface area contributed by atoms with Crippen LogP contribution in [0, 0.1) is 6.92 Å². The van der Waals surface area contributed by atoms with Crippen LogP contribution < -0.4 is 5.73 Å². The zero-order valence-electron chi connectivity index (χ0n) is 9.14. The van der Waals surface area contributed by atoms with Crippen molar-refractivity contribution >= 4 is 5.65 Å². The van der Waals surface area contributed by atoms with Crippen molar-refractivity contribution in [2.24, 2.45) is 5.73 Å². The van der Waals surface area contributed by atoms with Gasteiger partial charge in [-0.15, -0.1) is 0 Å². The fraction of sp³-hybridized carbons (Fsp3) is 0.455. The molecule has 0 saturated heterocycles. The summed E-state index contributed by atoms with van der Waals surface area (Å²) in [5, 5.41) is 4.34. The van der Waals surface area contributed by atoms with E-state index in [9.17, 15) is 0 Å². The van der Waals surface area contributed by atoms with E-state index in [4.69, 9.17) is 5.73 Å². The summed E-state index contributed by atoms with van der Waals surface area (Å²) < 4.78 is 1.83. The van der Waals surface area contributed by atoms with Gasteiger partial charge in [-0.3, -0.25) is 0 Å². The smallest absolute Gasteiger partial charge is 0.155 e. The van der Waals surface area contributed by atoms with E-state index in [1.165, 1.54) is 5.56 Å². The minimum Gasteiger partial charge on any atom is -0.330 e. The molecule has 2 N–H and O–H groups in total. The molecule has 0 bridgehead atoms. The Balaban J connectivity index is 2.37. The molecule has 0 radical (unpaired) electrons. The van der Waals surface area contributed by atoms with Gasteiger partial charge in [-0.1, -0.05) is 6.92 Å². The van der Waals surface area contributed by atoms with Gasteiger partial charge in [0.05, 0.1) is 5.69 Å². The first-order valence-corrected chi connectivity index (χ1v) is 5.22. The Morgan fingerprint density at radius 2 is 2.33 bits per heavy atom. The zero-order valence-corrected chi connectivity index (χ0v) is 9.14. The monoisotopic (exact) mass is 204 g/mol. The molecular formula is C11H16N4. The Hall–Kier alpha value is -1.42. The molecule has 2 aromatic heterocycles. The Labute approximate surface area is 89.1 Å². The van der Waals surface area contributed by atoms with Crippen molar-refractivity contribution in [3.05, 3.63) is 29.7 Å². The summed E-state index contributed by atoms with van der Waals surface area (Å²) in [5.41, 5.74) is 8.62. The predicted octanol–water partition coefficient (Wildman–Crippen LogP) is 1.49. The van der Waals surface area contributed by atoms with Gasteiger partial charge in [0, 0.05) is 18.5 Å². The molecule has 15 heavy (non-hydrogen) atoms. The topological polar surface area (TPSA) is 56.2 Å². The van der Waals surface area contributed by atoms with Crippen LogP contribution in [0.25, 0.3) is 5.65 Å². The molecule has 0 fully saturated rings. The van der Waals surface area contributed by atoms with Crippen molar-refractivity contribution in [3.8, 4) is 0 Å². The number of fused-ring (bicyclic) bond motifs is 1.